The lowest BCUT2D eigenvalue weighted by Crippen LogP contribution is -1.84. The molecule has 0 unspecified atom stereocenters. The van der Waals surface area contributed by atoms with Gasteiger partial charge in [0.05, 0.1) is 0 Å². The van der Waals surface area contributed by atoms with Crippen molar-refractivity contribution >= 4 is 32.3 Å². The summed E-state index contributed by atoms with van der Waals surface area (Å²) in [6.45, 7) is 2.17. The molecule has 0 nitrogen and oxygen atoms in total. The van der Waals surface area contributed by atoms with E-state index in [0.29, 0.717) is 0 Å². The summed E-state index contributed by atoms with van der Waals surface area (Å²) < 4.78 is 0. The van der Waals surface area contributed by atoms with Crippen molar-refractivity contribution in [2.24, 2.45) is 0 Å². The zero-order chi connectivity index (χ0) is 13.5. The lowest BCUT2D eigenvalue weighted by Gasteiger charge is -2.08. The van der Waals surface area contributed by atoms with E-state index in [1.165, 1.54) is 37.9 Å². The molecule has 95 valence electrons. The quantitative estimate of drug-likeness (QED) is 0.393. The lowest BCUT2D eigenvalue weighted by atomic mass is 9.96. The van der Waals surface area contributed by atoms with Crippen molar-refractivity contribution in [2.75, 3.05) is 0 Å². The normalized spacial score (nSPS) is 11.4. The standard InChI is InChI=1S/C20H15/c1-2-14-7-10-18-16(13-14)9-12-19-17-6-4-3-5-15(17)8-11-20(18)19/h3-12H,2H2,1H3. The molecular formula is C20H15. The average molecular weight is 255 g/mol. The van der Waals surface area contributed by atoms with Crippen LogP contribution in [0.4, 0.5) is 0 Å². The molecule has 4 aromatic rings. The molecular weight excluding hydrogens is 240 g/mol. The highest BCUT2D eigenvalue weighted by Gasteiger charge is 2.04. The maximum atomic E-state index is 3.52. The van der Waals surface area contributed by atoms with Gasteiger partial charge in [-0.05, 0) is 50.4 Å². The summed E-state index contributed by atoms with van der Waals surface area (Å²) in [6, 6.07) is 25.4. The number of hydrogen-bond donors (Lipinski definition) is 0. The molecule has 0 N–H and O–H groups in total. The second-order valence-corrected chi connectivity index (χ2v) is 5.25. The predicted octanol–water partition coefficient (Wildman–Crippen LogP) is 5.51. The Hall–Kier alpha value is -2.34. The Labute approximate surface area is 118 Å². The van der Waals surface area contributed by atoms with Crippen LogP contribution in [0, 0.1) is 6.07 Å². The Morgan fingerprint density at radius 2 is 1.45 bits per heavy atom. The van der Waals surface area contributed by atoms with Gasteiger partial charge in [0.25, 0.3) is 0 Å². The third-order valence-corrected chi connectivity index (χ3v) is 4.10. The summed E-state index contributed by atoms with van der Waals surface area (Å²) >= 11 is 0. The van der Waals surface area contributed by atoms with Gasteiger partial charge in [-0.2, -0.15) is 0 Å². The van der Waals surface area contributed by atoms with Gasteiger partial charge in [0, 0.05) is 0 Å². The fourth-order valence-corrected chi connectivity index (χ4v) is 3.00. The van der Waals surface area contributed by atoms with E-state index in [0.717, 1.165) is 6.42 Å². The van der Waals surface area contributed by atoms with E-state index >= 15 is 0 Å². The van der Waals surface area contributed by atoms with Crippen LogP contribution in [0.25, 0.3) is 32.3 Å². The van der Waals surface area contributed by atoms with Gasteiger partial charge in [0.2, 0.25) is 0 Å². The first-order chi connectivity index (χ1) is 9.86. The first-order valence-electron chi connectivity index (χ1n) is 7.12. The van der Waals surface area contributed by atoms with Crippen molar-refractivity contribution in [2.45, 2.75) is 13.3 Å². The summed E-state index contributed by atoms with van der Waals surface area (Å²) in [5.74, 6) is 0. The van der Waals surface area contributed by atoms with E-state index < -0.39 is 0 Å². The van der Waals surface area contributed by atoms with Crippen LogP contribution in [0.5, 0.6) is 0 Å². The predicted molar refractivity (Wildman–Crippen MR) is 87.2 cm³/mol. The van der Waals surface area contributed by atoms with E-state index in [4.69, 9.17) is 0 Å². The maximum absolute atomic E-state index is 3.52. The molecule has 0 aromatic heterocycles. The molecule has 0 heteroatoms. The summed E-state index contributed by atoms with van der Waals surface area (Å²) in [6.07, 6.45) is 1.03. The molecule has 4 aromatic carbocycles. The van der Waals surface area contributed by atoms with E-state index in [9.17, 15) is 0 Å². The van der Waals surface area contributed by atoms with Gasteiger partial charge in [-0.1, -0.05) is 67.6 Å². The number of rotatable bonds is 1. The van der Waals surface area contributed by atoms with Crippen LogP contribution in [0.2, 0.25) is 0 Å². The van der Waals surface area contributed by atoms with Gasteiger partial charge in [0.1, 0.15) is 0 Å². The van der Waals surface area contributed by atoms with Gasteiger partial charge in [-0.25, -0.2) is 0 Å². The molecule has 0 aliphatic carbocycles. The molecule has 0 bridgehead atoms. The minimum Gasteiger partial charge on any atom is -0.0616 e. The summed E-state index contributed by atoms with van der Waals surface area (Å²) in [5.41, 5.74) is 1.28. The Balaban J connectivity index is 2.17. The highest BCUT2D eigenvalue weighted by molar-refractivity contribution is 6.17. The van der Waals surface area contributed by atoms with Crippen molar-refractivity contribution in [3.63, 3.8) is 0 Å². The first-order valence-corrected chi connectivity index (χ1v) is 7.12. The molecule has 0 saturated carbocycles. The molecule has 4 rings (SSSR count). The number of benzene rings is 4. The van der Waals surface area contributed by atoms with Gasteiger partial charge in [-0.15, -0.1) is 0 Å². The van der Waals surface area contributed by atoms with Crippen molar-refractivity contribution in [3.05, 3.63) is 72.3 Å². The van der Waals surface area contributed by atoms with Crippen LogP contribution in [-0.2, 0) is 6.42 Å². The van der Waals surface area contributed by atoms with Gasteiger partial charge in [0.15, 0.2) is 0 Å². The maximum Gasteiger partial charge on any atom is -0.00642 e. The van der Waals surface area contributed by atoms with E-state index in [2.05, 4.69) is 73.7 Å². The fourth-order valence-electron chi connectivity index (χ4n) is 3.00. The molecule has 0 aliphatic heterocycles. The summed E-state index contributed by atoms with van der Waals surface area (Å²) in [5, 5.41) is 7.78. The van der Waals surface area contributed by atoms with Crippen molar-refractivity contribution < 1.29 is 0 Å². The molecule has 0 atom stereocenters. The number of hydrogen-bond acceptors (Lipinski definition) is 0. The highest BCUT2D eigenvalue weighted by atomic mass is 14.1. The van der Waals surface area contributed by atoms with E-state index in [1.807, 2.05) is 0 Å². The largest absolute Gasteiger partial charge is 0.0616 e. The van der Waals surface area contributed by atoms with Gasteiger partial charge >= 0.3 is 0 Å². The molecule has 0 amide bonds. The van der Waals surface area contributed by atoms with Crippen LogP contribution >= 0.6 is 0 Å². The van der Waals surface area contributed by atoms with Crippen LogP contribution < -0.4 is 0 Å². The lowest BCUT2D eigenvalue weighted by molar-refractivity contribution is 1.14. The van der Waals surface area contributed by atoms with Crippen LogP contribution in [0.15, 0.2) is 60.7 Å². The Kier molecular flexibility index (Phi) is 2.50. The topological polar surface area (TPSA) is 0 Å². The third kappa shape index (κ3) is 1.61. The van der Waals surface area contributed by atoms with Gasteiger partial charge in [-0.3, -0.25) is 0 Å². The van der Waals surface area contributed by atoms with Crippen molar-refractivity contribution in [3.8, 4) is 0 Å². The first kappa shape index (κ1) is 11.5. The van der Waals surface area contributed by atoms with Crippen LogP contribution in [0.3, 0.4) is 0 Å². The minimum absolute atomic E-state index is 1.03. The third-order valence-electron chi connectivity index (χ3n) is 4.10. The van der Waals surface area contributed by atoms with Crippen molar-refractivity contribution in [1.29, 1.82) is 0 Å². The zero-order valence-electron chi connectivity index (χ0n) is 11.5. The van der Waals surface area contributed by atoms with Crippen LogP contribution in [0.1, 0.15) is 12.5 Å². The summed E-state index contributed by atoms with van der Waals surface area (Å²) in [7, 11) is 0. The molecule has 1 radical (unpaired) electrons. The van der Waals surface area contributed by atoms with Gasteiger partial charge < -0.3 is 0 Å². The number of fused-ring (bicyclic) bond motifs is 5. The number of aryl methyl sites for hydroxylation is 1. The molecule has 0 fully saturated rings. The molecule has 0 spiro atoms. The second-order valence-electron chi connectivity index (χ2n) is 5.25. The summed E-state index contributed by atoms with van der Waals surface area (Å²) in [4.78, 5) is 0. The Bertz CT molecular complexity index is 932. The van der Waals surface area contributed by atoms with E-state index in [1.54, 1.807) is 0 Å². The zero-order valence-corrected chi connectivity index (χ0v) is 11.5. The minimum atomic E-state index is 1.03. The fraction of sp³-hybridized carbons (Fsp3) is 0.100. The highest BCUT2D eigenvalue weighted by Crippen LogP contribution is 2.31. The molecule has 20 heavy (non-hydrogen) atoms. The SMILES string of the molecule is CCc1[c]c2ccc3c4ccccc4ccc3c2cc1. The Morgan fingerprint density at radius 3 is 2.35 bits per heavy atom. The monoisotopic (exact) mass is 255 g/mol. The Morgan fingerprint density at radius 1 is 0.700 bits per heavy atom. The van der Waals surface area contributed by atoms with Crippen LogP contribution in [-0.4, -0.2) is 0 Å². The molecule has 0 saturated heterocycles. The average Bonchev–Trinajstić information content (AvgIpc) is 2.53. The molecule has 0 aliphatic rings. The smallest absolute Gasteiger partial charge is 0.00642 e. The van der Waals surface area contributed by atoms with E-state index in [-0.39, 0.29) is 0 Å². The molecule has 0 heterocycles. The van der Waals surface area contributed by atoms with Crippen molar-refractivity contribution in [1.82, 2.24) is 0 Å². The second kappa shape index (κ2) is 4.35.